The number of aromatic nitrogens is 1. The van der Waals surface area contributed by atoms with Crippen molar-refractivity contribution in [1.82, 2.24) is 4.98 Å². The van der Waals surface area contributed by atoms with Gasteiger partial charge < -0.3 is 10.1 Å². The molecule has 0 amide bonds. The first kappa shape index (κ1) is 15.6. The molecule has 1 unspecified atom stereocenters. The summed E-state index contributed by atoms with van der Waals surface area (Å²) in [5.41, 5.74) is 0. The summed E-state index contributed by atoms with van der Waals surface area (Å²) in [5, 5.41) is 5.86. The minimum Gasteiger partial charge on any atom is -0.497 e. The van der Waals surface area contributed by atoms with Crippen molar-refractivity contribution in [3.63, 3.8) is 0 Å². The zero-order chi connectivity index (χ0) is 15.1. The van der Waals surface area contributed by atoms with Gasteiger partial charge in [0.25, 0.3) is 0 Å². The molecule has 0 radical (unpaired) electrons. The van der Waals surface area contributed by atoms with E-state index in [1.165, 1.54) is 32.1 Å². The number of fused-ring (bicyclic) bond motifs is 1. The van der Waals surface area contributed by atoms with Crippen molar-refractivity contribution in [2.24, 2.45) is 0 Å². The third kappa shape index (κ3) is 4.35. The molecule has 0 fully saturated rings. The van der Waals surface area contributed by atoms with Gasteiger partial charge in [0.15, 0.2) is 0 Å². The van der Waals surface area contributed by atoms with Crippen molar-refractivity contribution in [3.8, 4) is 5.75 Å². The number of methoxy groups -OCH3 is 1. The lowest BCUT2D eigenvalue weighted by Gasteiger charge is -2.16. The Morgan fingerprint density at radius 1 is 1.19 bits per heavy atom. The fourth-order valence-electron chi connectivity index (χ4n) is 2.58. The van der Waals surface area contributed by atoms with Crippen molar-refractivity contribution >= 4 is 16.6 Å². The molecule has 3 nitrogen and oxygen atoms in total. The van der Waals surface area contributed by atoms with Crippen LogP contribution in [0.25, 0.3) is 10.8 Å². The minimum atomic E-state index is 0.446. The number of pyridine rings is 1. The van der Waals surface area contributed by atoms with Gasteiger partial charge in [-0.05, 0) is 43.0 Å². The van der Waals surface area contributed by atoms with Crippen LogP contribution in [-0.2, 0) is 0 Å². The van der Waals surface area contributed by atoms with Gasteiger partial charge >= 0.3 is 0 Å². The van der Waals surface area contributed by atoms with E-state index in [0.29, 0.717) is 6.04 Å². The summed E-state index contributed by atoms with van der Waals surface area (Å²) < 4.78 is 5.28. The second-order valence-electron chi connectivity index (χ2n) is 5.64. The lowest BCUT2D eigenvalue weighted by molar-refractivity contribution is 0.415. The smallest absolute Gasteiger partial charge is 0.134 e. The Kier molecular flexibility index (Phi) is 5.85. The maximum Gasteiger partial charge on any atom is 0.134 e. The number of unbranched alkanes of at least 4 members (excludes halogenated alkanes) is 3. The van der Waals surface area contributed by atoms with Crippen LogP contribution >= 0.6 is 0 Å². The van der Waals surface area contributed by atoms with E-state index in [1.54, 1.807) is 7.11 Å². The highest BCUT2D eigenvalue weighted by molar-refractivity contribution is 5.92. The highest BCUT2D eigenvalue weighted by Crippen LogP contribution is 2.26. The molecule has 0 aliphatic carbocycles. The number of hydrogen-bond donors (Lipinski definition) is 1. The van der Waals surface area contributed by atoms with E-state index in [0.717, 1.165) is 22.3 Å². The van der Waals surface area contributed by atoms with Gasteiger partial charge in [-0.25, -0.2) is 4.98 Å². The third-order valence-electron chi connectivity index (χ3n) is 3.85. The Labute approximate surface area is 127 Å². The summed E-state index contributed by atoms with van der Waals surface area (Å²) in [6.45, 7) is 4.48. The van der Waals surface area contributed by atoms with Gasteiger partial charge in [-0.3, -0.25) is 0 Å². The quantitative estimate of drug-likeness (QED) is 0.692. The molecule has 0 bridgehead atoms. The molecule has 2 aromatic rings. The molecule has 0 aliphatic rings. The lowest BCUT2D eigenvalue weighted by atomic mass is 10.1. The van der Waals surface area contributed by atoms with Crippen molar-refractivity contribution in [1.29, 1.82) is 0 Å². The summed E-state index contributed by atoms with van der Waals surface area (Å²) >= 11 is 0. The molecular formula is C18H26N2O. The second kappa shape index (κ2) is 7.87. The number of nitrogens with zero attached hydrogens (tertiary/aromatic N) is 1. The first-order chi connectivity index (χ1) is 10.2. The van der Waals surface area contributed by atoms with Crippen LogP contribution in [0, 0.1) is 0 Å². The summed E-state index contributed by atoms with van der Waals surface area (Å²) in [6, 6.07) is 8.58. The van der Waals surface area contributed by atoms with Crippen LogP contribution in [0.4, 0.5) is 5.82 Å². The van der Waals surface area contributed by atoms with Crippen LogP contribution in [0.5, 0.6) is 5.75 Å². The predicted molar refractivity (Wildman–Crippen MR) is 90.1 cm³/mol. The summed E-state index contributed by atoms with van der Waals surface area (Å²) in [4.78, 5) is 4.49. The third-order valence-corrected chi connectivity index (χ3v) is 3.85. The molecule has 1 aromatic heterocycles. The van der Waals surface area contributed by atoms with Crippen molar-refractivity contribution in [2.75, 3.05) is 12.4 Å². The van der Waals surface area contributed by atoms with Crippen molar-refractivity contribution < 1.29 is 4.74 Å². The van der Waals surface area contributed by atoms with E-state index < -0.39 is 0 Å². The molecule has 2 rings (SSSR count). The van der Waals surface area contributed by atoms with E-state index in [1.807, 2.05) is 24.4 Å². The molecule has 0 saturated heterocycles. The zero-order valence-corrected chi connectivity index (χ0v) is 13.4. The van der Waals surface area contributed by atoms with Gasteiger partial charge in [-0.2, -0.15) is 0 Å². The number of benzene rings is 1. The van der Waals surface area contributed by atoms with Gasteiger partial charge in [-0.15, -0.1) is 0 Å². The SMILES string of the molecule is CCCCCCC(C)Nc1nccc2cc(OC)ccc12. The van der Waals surface area contributed by atoms with Gasteiger partial charge in [0.1, 0.15) is 11.6 Å². The molecule has 1 N–H and O–H groups in total. The minimum absolute atomic E-state index is 0.446. The van der Waals surface area contributed by atoms with Crippen LogP contribution in [0.2, 0.25) is 0 Å². The topological polar surface area (TPSA) is 34.2 Å². The Hall–Kier alpha value is -1.77. The fourth-order valence-corrected chi connectivity index (χ4v) is 2.58. The van der Waals surface area contributed by atoms with Gasteiger partial charge in [0.2, 0.25) is 0 Å². The van der Waals surface area contributed by atoms with Gasteiger partial charge in [0, 0.05) is 17.6 Å². The molecule has 1 heterocycles. The Morgan fingerprint density at radius 2 is 2.05 bits per heavy atom. The van der Waals surface area contributed by atoms with E-state index in [2.05, 4.69) is 30.2 Å². The molecule has 114 valence electrons. The molecular weight excluding hydrogens is 260 g/mol. The van der Waals surface area contributed by atoms with Crippen LogP contribution in [0.3, 0.4) is 0 Å². The lowest BCUT2D eigenvalue weighted by Crippen LogP contribution is -2.16. The molecule has 3 heteroatoms. The van der Waals surface area contributed by atoms with Crippen molar-refractivity contribution in [2.45, 2.75) is 52.0 Å². The maximum absolute atomic E-state index is 5.28. The maximum atomic E-state index is 5.28. The predicted octanol–water partition coefficient (Wildman–Crippen LogP) is 5.01. The van der Waals surface area contributed by atoms with Crippen molar-refractivity contribution in [3.05, 3.63) is 30.5 Å². The largest absolute Gasteiger partial charge is 0.497 e. The molecule has 0 spiro atoms. The Morgan fingerprint density at radius 3 is 2.81 bits per heavy atom. The molecule has 0 saturated carbocycles. The number of rotatable bonds is 8. The van der Waals surface area contributed by atoms with E-state index in [4.69, 9.17) is 4.74 Å². The Balaban J connectivity index is 2.04. The monoisotopic (exact) mass is 286 g/mol. The average Bonchev–Trinajstić information content (AvgIpc) is 2.51. The van der Waals surface area contributed by atoms with E-state index in [9.17, 15) is 0 Å². The van der Waals surface area contributed by atoms with E-state index >= 15 is 0 Å². The Bertz CT molecular complexity index is 568. The molecule has 1 aromatic carbocycles. The zero-order valence-electron chi connectivity index (χ0n) is 13.4. The summed E-state index contributed by atoms with van der Waals surface area (Å²) in [6.07, 6.45) is 8.26. The number of ether oxygens (including phenoxy) is 1. The van der Waals surface area contributed by atoms with Gasteiger partial charge in [0.05, 0.1) is 7.11 Å². The molecule has 0 aliphatic heterocycles. The number of nitrogens with one attached hydrogen (secondary N) is 1. The van der Waals surface area contributed by atoms with Crippen LogP contribution in [0.15, 0.2) is 30.5 Å². The van der Waals surface area contributed by atoms with E-state index in [-0.39, 0.29) is 0 Å². The van der Waals surface area contributed by atoms with Gasteiger partial charge in [-0.1, -0.05) is 32.6 Å². The molecule has 21 heavy (non-hydrogen) atoms. The fraction of sp³-hybridized carbons (Fsp3) is 0.500. The number of anilines is 1. The standard InChI is InChI=1S/C18H26N2O/c1-4-5-6-7-8-14(2)20-18-17-10-9-16(21-3)13-15(17)11-12-19-18/h9-14H,4-8H2,1-3H3,(H,19,20). The van der Waals surface area contributed by atoms with Crippen LogP contribution in [-0.4, -0.2) is 18.1 Å². The second-order valence-corrected chi connectivity index (χ2v) is 5.64. The average molecular weight is 286 g/mol. The first-order valence-corrected chi connectivity index (χ1v) is 7.94. The highest BCUT2D eigenvalue weighted by Gasteiger charge is 2.07. The summed E-state index contributed by atoms with van der Waals surface area (Å²) in [7, 11) is 1.69. The first-order valence-electron chi connectivity index (χ1n) is 7.94. The number of hydrogen-bond acceptors (Lipinski definition) is 3. The van der Waals surface area contributed by atoms with Crippen LogP contribution < -0.4 is 10.1 Å². The highest BCUT2D eigenvalue weighted by atomic mass is 16.5. The van der Waals surface area contributed by atoms with Crippen LogP contribution in [0.1, 0.15) is 46.0 Å². The summed E-state index contributed by atoms with van der Waals surface area (Å²) in [5.74, 6) is 1.85. The normalized spacial score (nSPS) is 12.3. The molecule has 1 atom stereocenters.